The van der Waals surface area contributed by atoms with Gasteiger partial charge in [-0.25, -0.2) is 13.1 Å². The predicted molar refractivity (Wildman–Crippen MR) is 81.8 cm³/mol. The fourth-order valence-corrected chi connectivity index (χ4v) is 3.88. The molecule has 0 bridgehead atoms. The smallest absolute Gasteiger partial charge is 0.241 e. The second-order valence-corrected chi connectivity index (χ2v) is 7.38. The molecule has 1 aromatic carbocycles. The van der Waals surface area contributed by atoms with E-state index in [0.29, 0.717) is 22.3 Å². The van der Waals surface area contributed by atoms with Gasteiger partial charge in [-0.15, -0.1) is 0 Å². The van der Waals surface area contributed by atoms with Crippen molar-refractivity contribution in [2.75, 3.05) is 6.54 Å². The molecular weight excluding hydrogens is 352 g/mol. The van der Waals surface area contributed by atoms with Crippen LogP contribution in [0.1, 0.15) is 26.7 Å². The van der Waals surface area contributed by atoms with Crippen molar-refractivity contribution in [3.05, 3.63) is 27.7 Å². The first kappa shape index (κ1) is 16.9. The number of sulfonamides is 1. The van der Waals surface area contributed by atoms with Crippen LogP contribution in [0.3, 0.4) is 0 Å². The van der Waals surface area contributed by atoms with E-state index in [1.54, 1.807) is 12.1 Å². The molecule has 0 amide bonds. The van der Waals surface area contributed by atoms with E-state index in [9.17, 15) is 8.42 Å². The second kappa shape index (κ2) is 6.54. The lowest BCUT2D eigenvalue weighted by molar-refractivity contribution is 0.391. The molecule has 0 fully saturated rings. The highest BCUT2D eigenvalue weighted by Crippen LogP contribution is 2.29. The summed E-state index contributed by atoms with van der Waals surface area (Å²) in [4.78, 5) is 0.120. The van der Waals surface area contributed by atoms with Gasteiger partial charge in [0.2, 0.25) is 10.0 Å². The molecular formula is C12H18BrClN2O2S. The molecule has 4 nitrogen and oxygen atoms in total. The van der Waals surface area contributed by atoms with Crippen LogP contribution in [-0.4, -0.2) is 20.5 Å². The van der Waals surface area contributed by atoms with Crippen LogP contribution in [0.5, 0.6) is 0 Å². The zero-order valence-electron chi connectivity index (χ0n) is 10.9. The lowest BCUT2D eigenvalue weighted by Gasteiger charge is -2.26. The van der Waals surface area contributed by atoms with Crippen molar-refractivity contribution in [2.24, 2.45) is 5.73 Å². The van der Waals surface area contributed by atoms with E-state index in [1.165, 1.54) is 6.07 Å². The number of nitrogens with one attached hydrogen (secondary N) is 1. The molecule has 0 aliphatic rings. The second-order valence-electron chi connectivity index (χ2n) is 4.45. The van der Waals surface area contributed by atoms with Gasteiger partial charge in [0.25, 0.3) is 0 Å². The van der Waals surface area contributed by atoms with Gasteiger partial charge in [0, 0.05) is 12.1 Å². The van der Waals surface area contributed by atoms with Crippen molar-refractivity contribution in [1.29, 1.82) is 0 Å². The third-order valence-electron chi connectivity index (χ3n) is 3.23. The van der Waals surface area contributed by atoms with E-state index in [2.05, 4.69) is 20.7 Å². The number of halogens is 2. The van der Waals surface area contributed by atoms with Gasteiger partial charge in [-0.2, -0.15) is 0 Å². The fraction of sp³-hybridized carbons (Fsp3) is 0.500. The third-order valence-corrected chi connectivity index (χ3v) is 6.33. The lowest BCUT2D eigenvalue weighted by Crippen LogP contribution is -2.49. The molecule has 7 heteroatoms. The van der Waals surface area contributed by atoms with Crippen LogP contribution < -0.4 is 10.5 Å². The van der Waals surface area contributed by atoms with Crippen LogP contribution in [0.25, 0.3) is 0 Å². The zero-order valence-corrected chi connectivity index (χ0v) is 14.1. The van der Waals surface area contributed by atoms with Gasteiger partial charge in [-0.05, 0) is 40.9 Å². The maximum atomic E-state index is 12.2. The Morgan fingerprint density at radius 1 is 1.37 bits per heavy atom. The first-order valence-corrected chi connectivity index (χ1v) is 8.63. The largest absolute Gasteiger partial charge is 0.324 e. The predicted octanol–water partition coefficient (Wildman–Crippen LogP) is 2.90. The molecule has 0 radical (unpaired) electrons. The molecule has 0 saturated heterocycles. The Balaban J connectivity index is 2.97. The molecule has 19 heavy (non-hydrogen) atoms. The Hall–Kier alpha value is -0.140. The molecule has 0 aliphatic heterocycles. The summed E-state index contributed by atoms with van der Waals surface area (Å²) >= 11 is 9.09. The average molecular weight is 370 g/mol. The van der Waals surface area contributed by atoms with Gasteiger partial charge in [0.15, 0.2) is 0 Å². The number of benzene rings is 1. The molecule has 0 spiro atoms. The van der Waals surface area contributed by atoms with E-state index >= 15 is 0 Å². The van der Waals surface area contributed by atoms with Crippen LogP contribution in [0.2, 0.25) is 5.02 Å². The summed E-state index contributed by atoms with van der Waals surface area (Å²) in [6, 6.07) is 4.71. The SMILES string of the molecule is CCC(N)(CC)CNS(=O)(=O)c1cccc(Cl)c1Br. The van der Waals surface area contributed by atoms with Gasteiger partial charge >= 0.3 is 0 Å². The Morgan fingerprint density at radius 3 is 2.47 bits per heavy atom. The topological polar surface area (TPSA) is 72.2 Å². The summed E-state index contributed by atoms with van der Waals surface area (Å²) in [6.07, 6.45) is 1.39. The number of nitrogens with two attached hydrogens (primary N) is 1. The molecule has 0 aliphatic carbocycles. The summed E-state index contributed by atoms with van der Waals surface area (Å²) in [5.41, 5.74) is 5.56. The summed E-state index contributed by atoms with van der Waals surface area (Å²) < 4.78 is 27.4. The minimum Gasteiger partial charge on any atom is -0.324 e. The van der Waals surface area contributed by atoms with Gasteiger partial charge in [0.1, 0.15) is 0 Å². The van der Waals surface area contributed by atoms with E-state index in [-0.39, 0.29) is 11.4 Å². The van der Waals surface area contributed by atoms with Crippen LogP contribution in [-0.2, 0) is 10.0 Å². The lowest BCUT2D eigenvalue weighted by atomic mass is 9.95. The minimum absolute atomic E-state index is 0.120. The first-order valence-electron chi connectivity index (χ1n) is 5.98. The zero-order chi connectivity index (χ0) is 14.7. The summed E-state index contributed by atoms with van der Waals surface area (Å²) in [5.74, 6) is 0. The molecule has 0 heterocycles. The van der Waals surface area contributed by atoms with Gasteiger partial charge in [0.05, 0.1) is 14.4 Å². The monoisotopic (exact) mass is 368 g/mol. The van der Waals surface area contributed by atoms with Crippen molar-refractivity contribution >= 4 is 37.6 Å². The number of hydrogen-bond donors (Lipinski definition) is 2. The third kappa shape index (κ3) is 4.16. The molecule has 1 rings (SSSR count). The molecule has 1 aromatic rings. The van der Waals surface area contributed by atoms with Crippen LogP contribution >= 0.6 is 27.5 Å². The molecule has 108 valence electrons. The Labute approximate surface area is 127 Å². The standard InChI is InChI=1S/C12H18BrClN2O2S/c1-3-12(15,4-2)8-16-19(17,18)10-7-5-6-9(14)11(10)13/h5-7,16H,3-4,8,15H2,1-2H3. The maximum Gasteiger partial charge on any atom is 0.241 e. The Kier molecular flexibility index (Phi) is 5.82. The molecule has 0 unspecified atom stereocenters. The number of rotatable bonds is 6. The van der Waals surface area contributed by atoms with Crippen LogP contribution in [0, 0.1) is 0 Å². The summed E-state index contributed by atoms with van der Waals surface area (Å²) in [5, 5.41) is 0.355. The molecule has 0 saturated carbocycles. The fourth-order valence-electron chi connectivity index (χ4n) is 1.51. The molecule has 0 aromatic heterocycles. The Morgan fingerprint density at radius 2 is 1.95 bits per heavy atom. The van der Waals surface area contributed by atoms with E-state index in [4.69, 9.17) is 17.3 Å². The highest BCUT2D eigenvalue weighted by Gasteiger charge is 2.25. The normalized spacial score (nSPS) is 12.7. The summed E-state index contributed by atoms with van der Waals surface area (Å²) in [7, 11) is -3.63. The van der Waals surface area contributed by atoms with Gasteiger partial charge < -0.3 is 5.73 Å². The number of hydrogen-bond acceptors (Lipinski definition) is 3. The van der Waals surface area contributed by atoms with Crippen LogP contribution in [0.15, 0.2) is 27.6 Å². The molecule has 0 atom stereocenters. The minimum atomic E-state index is -3.63. The van der Waals surface area contributed by atoms with E-state index < -0.39 is 15.6 Å². The maximum absolute atomic E-state index is 12.2. The Bertz CT molecular complexity index is 545. The van der Waals surface area contributed by atoms with Crippen molar-refractivity contribution in [3.8, 4) is 0 Å². The van der Waals surface area contributed by atoms with Crippen LogP contribution in [0.4, 0.5) is 0 Å². The van der Waals surface area contributed by atoms with Crippen molar-refractivity contribution < 1.29 is 8.42 Å². The summed E-state index contributed by atoms with van der Waals surface area (Å²) in [6.45, 7) is 4.07. The quantitative estimate of drug-likeness (QED) is 0.810. The van der Waals surface area contributed by atoms with Crippen molar-refractivity contribution in [3.63, 3.8) is 0 Å². The van der Waals surface area contributed by atoms with E-state index in [0.717, 1.165) is 0 Å². The van der Waals surface area contributed by atoms with Crippen molar-refractivity contribution in [1.82, 2.24) is 4.72 Å². The average Bonchev–Trinajstić information content (AvgIpc) is 2.39. The van der Waals surface area contributed by atoms with Gasteiger partial charge in [-0.1, -0.05) is 31.5 Å². The molecule has 3 N–H and O–H groups in total. The van der Waals surface area contributed by atoms with Crippen molar-refractivity contribution in [2.45, 2.75) is 37.1 Å². The first-order chi connectivity index (χ1) is 8.75. The van der Waals surface area contributed by atoms with E-state index in [1.807, 2.05) is 13.8 Å². The highest BCUT2D eigenvalue weighted by atomic mass is 79.9. The highest BCUT2D eigenvalue weighted by molar-refractivity contribution is 9.10. The van der Waals surface area contributed by atoms with Gasteiger partial charge in [-0.3, -0.25) is 0 Å².